The molecule has 0 saturated heterocycles. The van der Waals surface area contributed by atoms with Crippen LogP contribution in [0.25, 0.3) is 0 Å². The van der Waals surface area contributed by atoms with Crippen LogP contribution >= 0.6 is 0 Å². The Kier molecular flexibility index (Phi) is 4.77. The van der Waals surface area contributed by atoms with Gasteiger partial charge in [-0.25, -0.2) is 4.79 Å². The minimum Gasteiger partial charge on any atom is -0.480 e. The topological polar surface area (TPSA) is 127 Å². The van der Waals surface area contributed by atoms with Gasteiger partial charge >= 0.3 is 5.97 Å². The van der Waals surface area contributed by atoms with Crippen molar-refractivity contribution in [3.8, 4) is 0 Å². The number of primary amides is 1. The number of carboxylic acids is 1. The Hall–Kier alpha value is -2.41. The van der Waals surface area contributed by atoms with Gasteiger partial charge in [-0.05, 0) is 17.5 Å². The maximum atomic E-state index is 12.4. The molecule has 1 aromatic rings. The predicted octanol–water partition coefficient (Wildman–Crippen LogP) is -0.383. The van der Waals surface area contributed by atoms with E-state index in [4.69, 9.17) is 11.5 Å². The number of fused-ring (bicyclic) bond motifs is 1. The van der Waals surface area contributed by atoms with Crippen molar-refractivity contribution in [2.75, 3.05) is 0 Å². The summed E-state index contributed by atoms with van der Waals surface area (Å²) in [7, 11) is 0. The van der Waals surface area contributed by atoms with Crippen LogP contribution in [-0.2, 0) is 27.3 Å². The van der Waals surface area contributed by atoms with Crippen LogP contribution in [0.5, 0.6) is 0 Å². The smallest absolute Gasteiger partial charge is 0.326 e. The highest BCUT2D eigenvalue weighted by Crippen LogP contribution is 2.24. The van der Waals surface area contributed by atoms with Gasteiger partial charge in [-0.15, -0.1) is 0 Å². The number of rotatable bonds is 5. The summed E-state index contributed by atoms with van der Waals surface area (Å²) < 4.78 is 0. The van der Waals surface area contributed by atoms with Gasteiger partial charge in [0.15, 0.2) is 0 Å². The standard InChI is InChI=1S/C15H19N3O4/c16-11(5-6-13(17)19)14(20)18-8-10-4-2-1-3-9(10)7-12(18)15(21)22/h1-4,11-12H,5-8,16H2,(H2,17,19)(H,21,22)/t11?,12-/m0/s1. The van der Waals surface area contributed by atoms with Crippen molar-refractivity contribution < 1.29 is 19.5 Å². The third-order valence-electron chi connectivity index (χ3n) is 3.84. The number of hydrogen-bond donors (Lipinski definition) is 3. The Bertz CT molecular complexity index is 602. The van der Waals surface area contributed by atoms with E-state index in [2.05, 4.69) is 0 Å². The average molecular weight is 305 g/mol. The van der Waals surface area contributed by atoms with Crippen molar-refractivity contribution in [1.29, 1.82) is 0 Å². The lowest BCUT2D eigenvalue weighted by Gasteiger charge is -2.35. The first-order valence-electron chi connectivity index (χ1n) is 7.04. The van der Waals surface area contributed by atoms with Crippen LogP contribution in [0.3, 0.4) is 0 Å². The second kappa shape index (κ2) is 6.57. The molecule has 7 nitrogen and oxygen atoms in total. The van der Waals surface area contributed by atoms with Gasteiger partial charge in [-0.1, -0.05) is 24.3 Å². The summed E-state index contributed by atoms with van der Waals surface area (Å²) in [6.07, 6.45) is 0.355. The van der Waals surface area contributed by atoms with Gasteiger partial charge in [0.1, 0.15) is 6.04 Å². The molecule has 2 atom stereocenters. The van der Waals surface area contributed by atoms with Gasteiger partial charge in [0.2, 0.25) is 11.8 Å². The third kappa shape index (κ3) is 3.43. The molecule has 2 rings (SSSR count). The zero-order valence-electron chi connectivity index (χ0n) is 12.1. The molecule has 0 fully saturated rings. The van der Waals surface area contributed by atoms with Gasteiger partial charge < -0.3 is 21.5 Å². The Morgan fingerprint density at radius 3 is 2.50 bits per heavy atom. The van der Waals surface area contributed by atoms with Gasteiger partial charge in [0.25, 0.3) is 0 Å². The quantitative estimate of drug-likeness (QED) is 0.683. The largest absolute Gasteiger partial charge is 0.480 e. The molecule has 0 aliphatic carbocycles. The molecule has 7 heteroatoms. The monoisotopic (exact) mass is 305 g/mol. The maximum Gasteiger partial charge on any atom is 0.326 e. The van der Waals surface area contributed by atoms with Gasteiger partial charge in [-0.2, -0.15) is 0 Å². The van der Waals surface area contributed by atoms with Crippen LogP contribution in [0.15, 0.2) is 24.3 Å². The maximum absolute atomic E-state index is 12.4. The van der Waals surface area contributed by atoms with E-state index in [1.807, 2.05) is 24.3 Å². The van der Waals surface area contributed by atoms with E-state index in [0.29, 0.717) is 0 Å². The van der Waals surface area contributed by atoms with Crippen molar-refractivity contribution in [3.05, 3.63) is 35.4 Å². The minimum absolute atomic E-state index is 0.00489. The third-order valence-corrected chi connectivity index (χ3v) is 3.84. The van der Waals surface area contributed by atoms with E-state index in [0.717, 1.165) is 11.1 Å². The molecule has 118 valence electrons. The Morgan fingerprint density at radius 2 is 1.91 bits per heavy atom. The molecule has 0 spiro atoms. The SMILES string of the molecule is NC(=O)CCC(N)C(=O)N1Cc2ccccc2C[C@H]1C(=O)O. The zero-order valence-corrected chi connectivity index (χ0v) is 12.1. The molecule has 1 aromatic carbocycles. The van der Waals surface area contributed by atoms with E-state index in [-0.39, 0.29) is 25.8 Å². The van der Waals surface area contributed by atoms with Crippen LogP contribution < -0.4 is 11.5 Å². The van der Waals surface area contributed by atoms with E-state index >= 15 is 0 Å². The molecular weight excluding hydrogens is 286 g/mol. The molecule has 1 unspecified atom stereocenters. The first kappa shape index (κ1) is 16.0. The summed E-state index contributed by atoms with van der Waals surface area (Å²) in [4.78, 5) is 35.9. The number of nitrogens with two attached hydrogens (primary N) is 2. The molecule has 0 saturated carbocycles. The number of nitrogens with zero attached hydrogens (tertiary/aromatic N) is 1. The second-order valence-corrected chi connectivity index (χ2v) is 5.40. The normalized spacial score (nSPS) is 18.4. The van der Waals surface area contributed by atoms with Crippen LogP contribution in [0.2, 0.25) is 0 Å². The first-order chi connectivity index (χ1) is 10.4. The van der Waals surface area contributed by atoms with Crippen molar-refractivity contribution in [1.82, 2.24) is 4.90 Å². The zero-order chi connectivity index (χ0) is 16.3. The van der Waals surface area contributed by atoms with Gasteiger partial charge in [-0.3, -0.25) is 9.59 Å². The Labute approximate surface area is 127 Å². The molecule has 0 aromatic heterocycles. The van der Waals surface area contributed by atoms with Gasteiger partial charge in [0, 0.05) is 19.4 Å². The highest BCUT2D eigenvalue weighted by Gasteiger charge is 2.36. The molecule has 22 heavy (non-hydrogen) atoms. The lowest BCUT2D eigenvalue weighted by atomic mass is 9.93. The lowest BCUT2D eigenvalue weighted by Crippen LogP contribution is -2.53. The van der Waals surface area contributed by atoms with Crippen LogP contribution in [0.1, 0.15) is 24.0 Å². The average Bonchev–Trinajstić information content (AvgIpc) is 2.50. The number of carbonyl (C=O) groups excluding carboxylic acids is 2. The molecule has 0 radical (unpaired) electrons. The molecule has 5 N–H and O–H groups in total. The number of aliphatic carboxylic acids is 1. The van der Waals surface area contributed by atoms with Crippen LogP contribution in [0, 0.1) is 0 Å². The van der Waals surface area contributed by atoms with Crippen molar-refractivity contribution in [2.45, 2.75) is 37.9 Å². The number of amides is 2. The molecule has 1 aliphatic heterocycles. The van der Waals surface area contributed by atoms with E-state index in [1.165, 1.54) is 4.90 Å². The van der Waals surface area contributed by atoms with Crippen molar-refractivity contribution >= 4 is 17.8 Å². The number of carboxylic acid groups (broad SMARTS) is 1. The van der Waals surface area contributed by atoms with Gasteiger partial charge in [0.05, 0.1) is 6.04 Å². The highest BCUT2D eigenvalue weighted by molar-refractivity contribution is 5.88. The Balaban J connectivity index is 2.18. The summed E-state index contributed by atoms with van der Waals surface area (Å²) in [5, 5.41) is 9.37. The fourth-order valence-corrected chi connectivity index (χ4v) is 2.61. The Morgan fingerprint density at radius 1 is 1.27 bits per heavy atom. The molecule has 0 bridgehead atoms. The summed E-state index contributed by atoms with van der Waals surface area (Å²) in [5.41, 5.74) is 12.7. The first-order valence-corrected chi connectivity index (χ1v) is 7.04. The second-order valence-electron chi connectivity index (χ2n) is 5.40. The van der Waals surface area contributed by atoms with Crippen LogP contribution in [-0.4, -0.2) is 39.9 Å². The van der Waals surface area contributed by atoms with E-state index in [9.17, 15) is 19.5 Å². The summed E-state index contributed by atoms with van der Waals surface area (Å²) in [5.74, 6) is -2.07. The number of hydrogen-bond acceptors (Lipinski definition) is 4. The van der Waals surface area contributed by atoms with E-state index < -0.39 is 29.9 Å². The molecule has 2 amide bonds. The predicted molar refractivity (Wildman–Crippen MR) is 78.5 cm³/mol. The highest BCUT2D eigenvalue weighted by atomic mass is 16.4. The van der Waals surface area contributed by atoms with E-state index in [1.54, 1.807) is 0 Å². The van der Waals surface area contributed by atoms with Crippen molar-refractivity contribution in [3.63, 3.8) is 0 Å². The number of carbonyl (C=O) groups is 3. The summed E-state index contributed by atoms with van der Waals surface area (Å²) >= 11 is 0. The van der Waals surface area contributed by atoms with Crippen LogP contribution in [0.4, 0.5) is 0 Å². The molecule has 1 heterocycles. The minimum atomic E-state index is -1.06. The molecular formula is C15H19N3O4. The van der Waals surface area contributed by atoms with Crippen molar-refractivity contribution in [2.24, 2.45) is 11.5 Å². The fraction of sp³-hybridized carbons (Fsp3) is 0.400. The lowest BCUT2D eigenvalue weighted by molar-refractivity contribution is -0.152. The molecule has 1 aliphatic rings. The fourth-order valence-electron chi connectivity index (χ4n) is 2.61. The number of benzene rings is 1. The summed E-state index contributed by atoms with van der Waals surface area (Å²) in [6.45, 7) is 0.205. The summed E-state index contributed by atoms with van der Waals surface area (Å²) in [6, 6.07) is 5.54.